The second-order valence-electron chi connectivity index (χ2n) is 7.55. The van der Waals surface area contributed by atoms with Gasteiger partial charge < -0.3 is 9.30 Å². The number of hydrogen-bond acceptors (Lipinski definition) is 4. The number of hydrogen-bond donors (Lipinski definition) is 0. The van der Waals surface area contributed by atoms with Gasteiger partial charge in [-0.05, 0) is 42.3 Å². The number of para-hydroxylation sites is 1. The SMILES string of the molecule is CCn1cc(/C=C2\SC(=O)N(CCOc3cccc4ccccc34)C2=O)c2ccccc21. The summed E-state index contributed by atoms with van der Waals surface area (Å²) in [6.07, 6.45) is 3.85. The zero-order valence-corrected chi connectivity index (χ0v) is 18.5. The summed E-state index contributed by atoms with van der Waals surface area (Å²) < 4.78 is 8.07. The van der Waals surface area contributed by atoms with Crippen LogP contribution in [0.2, 0.25) is 0 Å². The first-order valence-electron chi connectivity index (χ1n) is 10.6. The van der Waals surface area contributed by atoms with Gasteiger partial charge in [0.05, 0.1) is 11.4 Å². The van der Waals surface area contributed by atoms with Gasteiger partial charge in [0.2, 0.25) is 0 Å². The molecule has 0 N–H and O–H groups in total. The van der Waals surface area contributed by atoms with E-state index in [-0.39, 0.29) is 24.3 Å². The molecule has 160 valence electrons. The number of aryl methyl sites for hydroxylation is 1. The molecule has 32 heavy (non-hydrogen) atoms. The van der Waals surface area contributed by atoms with Crippen LogP contribution in [0.15, 0.2) is 77.8 Å². The largest absolute Gasteiger partial charge is 0.491 e. The minimum absolute atomic E-state index is 0.210. The van der Waals surface area contributed by atoms with Crippen molar-refractivity contribution in [2.24, 2.45) is 0 Å². The third kappa shape index (κ3) is 3.67. The van der Waals surface area contributed by atoms with E-state index in [1.807, 2.05) is 72.9 Å². The number of imide groups is 1. The monoisotopic (exact) mass is 442 g/mol. The highest BCUT2D eigenvalue weighted by Crippen LogP contribution is 2.34. The van der Waals surface area contributed by atoms with Crippen molar-refractivity contribution in [2.45, 2.75) is 13.5 Å². The summed E-state index contributed by atoms with van der Waals surface area (Å²) in [4.78, 5) is 27.2. The lowest BCUT2D eigenvalue weighted by molar-refractivity contribution is -0.123. The average Bonchev–Trinajstić information content (AvgIpc) is 3.31. The van der Waals surface area contributed by atoms with Gasteiger partial charge in [0.1, 0.15) is 12.4 Å². The molecule has 0 bridgehead atoms. The van der Waals surface area contributed by atoms with E-state index in [4.69, 9.17) is 4.74 Å². The number of benzene rings is 3. The molecular weight excluding hydrogens is 420 g/mol. The van der Waals surface area contributed by atoms with E-state index < -0.39 is 0 Å². The predicted molar refractivity (Wildman–Crippen MR) is 130 cm³/mol. The second-order valence-corrected chi connectivity index (χ2v) is 8.54. The van der Waals surface area contributed by atoms with Gasteiger partial charge in [-0.1, -0.05) is 54.6 Å². The zero-order chi connectivity index (χ0) is 22.1. The first-order chi connectivity index (χ1) is 15.7. The molecule has 0 unspecified atom stereocenters. The molecule has 0 saturated carbocycles. The molecule has 0 aliphatic carbocycles. The molecule has 0 atom stereocenters. The Morgan fingerprint density at radius 3 is 2.53 bits per heavy atom. The Hall–Kier alpha value is -3.51. The van der Waals surface area contributed by atoms with Crippen molar-refractivity contribution in [3.8, 4) is 5.75 Å². The molecule has 5 nitrogen and oxygen atoms in total. The topological polar surface area (TPSA) is 51.5 Å². The van der Waals surface area contributed by atoms with Crippen LogP contribution in [0, 0.1) is 0 Å². The Bertz CT molecular complexity index is 1370. The molecule has 0 spiro atoms. The van der Waals surface area contributed by atoms with Crippen molar-refractivity contribution < 1.29 is 14.3 Å². The number of fused-ring (bicyclic) bond motifs is 2. The third-order valence-electron chi connectivity index (χ3n) is 5.64. The molecule has 6 heteroatoms. The van der Waals surface area contributed by atoms with Crippen LogP contribution in [0.25, 0.3) is 27.8 Å². The number of carbonyl (C=O) groups is 2. The van der Waals surface area contributed by atoms with Crippen molar-refractivity contribution in [1.29, 1.82) is 0 Å². The molecule has 1 aliphatic rings. The molecule has 5 rings (SSSR count). The van der Waals surface area contributed by atoms with Crippen molar-refractivity contribution in [1.82, 2.24) is 9.47 Å². The van der Waals surface area contributed by atoms with Gasteiger partial charge >= 0.3 is 0 Å². The normalized spacial score (nSPS) is 15.4. The standard InChI is InChI=1S/C26H22N2O3S/c1-2-27-17-19(20-10-5-6-12-22(20)27)16-24-25(29)28(26(30)32-24)14-15-31-23-13-7-9-18-8-3-4-11-21(18)23/h3-13,16-17H,2,14-15H2,1H3/b24-16-. The molecule has 2 heterocycles. The van der Waals surface area contributed by atoms with Gasteiger partial charge in [-0.25, -0.2) is 0 Å². The molecule has 1 aliphatic heterocycles. The minimum atomic E-state index is -0.269. The van der Waals surface area contributed by atoms with Crippen LogP contribution in [0.1, 0.15) is 12.5 Å². The predicted octanol–water partition coefficient (Wildman–Crippen LogP) is 5.93. The van der Waals surface area contributed by atoms with Gasteiger partial charge in [0, 0.05) is 34.6 Å². The molecule has 1 saturated heterocycles. The van der Waals surface area contributed by atoms with E-state index in [0.717, 1.165) is 51.3 Å². The lowest BCUT2D eigenvalue weighted by Gasteiger charge is -2.14. The summed E-state index contributed by atoms with van der Waals surface area (Å²) in [5.41, 5.74) is 2.06. The molecule has 1 aromatic heterocycles. The number of rotatable bonds is 6. The number of aromatic nitrogens is 1. The van der Waals surface area contributed by atoms with Gasteiger partial charge in [0.25, 0.3) is 11.1 Å². The van der Waals surface area contributed by atoms with Crippen molar-refractivity contribution in [2.75, 3.05) is 13.2 Å². The van der Waals surface area contributed by atoms with Crippen molar-refractivity contribution >= 4 is 50.7 Å². The van der Waals surface area contributed by atoms with Crippen LogP contribution >= 0.6 is 11.8 Å². The van der Waals surface area contributed by atoms with Gasteiger partial charge in [-0.3, -0.25) is 14.5 Å². The number of carbonyl (C=O) groups excluding carboxylic acids is 2. The highest BCUT2D eigenvalue weighted by atomic mass is 32.2. The Labute approximate surface area is 190 Å². The Morgan fingerprint density at radius 1 is 0.938 bits per heavy atom. The fraction of sp³-hybridized carbons (Fsp3) is 0.154. The second kappa shape index (κ2) is 8.55. The zero-order valence-electron chi connectivity index (χ0n) is 17.7. The molecule has 3 aromatic carbocycles. The minimum Gasteiger partial charge on any atom is -0.491 e. The summed E-state index contributed by atoms with van der Waals surface area (Å²) in [5.74, 6) is 0.479. The highest BCUT2D eigenvalue weighted by molar-refractivity contribution is 8.18. The Morgan fingerprint density at radius 2 is 1.69 bits per heavy atom. The summed E-state index contributed by atoms with van der Waals surface area (Å²) in [6, 6.07) is 21.9. The molecule has 0 radical (unpaired) electrons. The Kier molecular flexibility index (Phi) is 5.45. The first-order valence-corrected chi connectivity index (χ1v) is 11.4. The van der Waals surface area contributed by atoms with E-state index in [1.54, 1.807) is 0 Å². The molecule has 1 fully saturated rings. The van der Waals surface area contributed by atoms with Crippen LogP contribution in [0.3, 0.4) is 0 Å². The lowest BCUT2D eigenvalue weighted by Crippen LogP contribution is -2.32. The molecular formula is C26H22N2O3S. The van der Waals surface area contributed by atoms with Crippen LogP contribution < -0.4 is 4.74 Å². The van der Waals surface area contributed by atoms with E-state index in [0.29, 0.717) is 4.91 Å². The van der Waals surface area contributed by atoms with Crippen LogP contribution in [-0.2, 0) is 11.3 Å². The number of ether oxygens (including phenoxy) is 1. The van der Waals surface area contributed by atoms with E-state index in [1.165, 1.54) is 4.90 Å². The van der Waals surface area contributed by atoms with Gasteiger partial charge in [-0.15, -0.1) is 0 Å². The van der Waals surface area contributed by atoms with Crippen molar-refractivity contribution in [3.05, 3.63) is 83.4 Å². The summed E-state index contributed by atoms with van der Waals surface area (Å²) >= 11 is 0.985. The van der Waals surface area contributed by atoms with Crippen LogP contribution in [0.4, 0.5) is 4.79 Å². The van der Waals surface area contributed by atoms with E-state index in [9.17, 15) is 9.59 Å². The molecule has 4 aromatic rings. The van der Waals surface area contributed by atoms with E-state index >= 15 is 0 Å². The summed E-state index contributed by atoms with van der Waals surface area (Å²) in [6.45, 7) is 3.37. The summed E-state index contributed by atoms with van der Waals surface area (Å²) in [7, 11) is 0. The van der Waals surface area contributed by atoms with Crippen LogP contribution in [-0.4, -0.2) is 33.8 Å². The Balaban J connectivity index is 1.32. The number of thioether (sulfide) groups is 1. The quantitative estimate of drug-likeness (QED) is 0.347. The smallest absolute Gasteiger partial charge is 0.293 e. The first kappa shape index (κ1) is 20.4. The van der Waals surface area contributed by atoms with Gasteiger partial charge in [-0.2, -0.15) is 0 Å². The average molecular weight is 443 g/mol. The fourth-order valence-corrected chi connectivity index (χ4v) is 4.91. The number of amides is 2. The number of nitrogens with zero attached hydrogens (tertiary/aromatic N) is 2. The summed E-state index contributed by atoms with van der Waals surface area (Å²) in [5, 5.41) is 2.91. The highest BCUT2D eigenvalue weighted by Gasteiger charge is 2.35. The van der Waals surface area contributed by atoms with Crippen LogP contribution in [0.5, 0.6) is 5.75 Å². The van der Waals surface area contributed by atoms with Crippen molar-refractivity contribution in [3.63, 3.8) is 0 Å². The maximum absolute atomic E-state index is 12.9. The molecule has 2 amide bonds. The fourth-order valence-electron chi connectivity index (χ4n) is 4.05. The van der Waals surface area contributed by atoms with E-state index in [2.05, 4.69) is 17.6 Å². The van der Waals surface area contributed by atoms with Gasteiger partial charge in [0.15, 0.2) is 0 Å². The maximum atomic E-state index is 12.9. The maximum Gasteiger partial charge on any atom is 0.293 e. The lowest BCUT2D eigenvalue weighted by atomic mass is 10.1. The third-order valence-corrected chi connectivity index (χ3v) is 6.55.